The summed E-state index contributed by atoms with van der Waals surface area (Å²) in [6.45, 7) is 1.55. The second kappa shape index (κ2) is 8.70. The lowest BCUT2D eigenvalue weighted by atomic mass is 10.1. The Kier molecular flexibility index (Phi) is 5.88. The number of amides is 3. The van der Waals surface area contributed by atoms with E-state index in [1.165, 1.54) is 24.3 Å². The van der Waals surface area contributed by atoms with Crippen LogP contribution < -0.4 is 20.9 Å². The van der Waals surface area contributed by atoms with Gasteiger partial charge in [0.05, 0.1) is 4.92 Å². The van der Waals surface area contributed by atoms with Crippen molar-refractivity contribution in [3.63, 3.8) is 0 Å². The van der Waals surface area contributed by atoms with Gasteiger partial charge in [-0.1, -0.05) is 42.5 Å². The van der Waals surface area contributed by atoms with E-state index in [4.69, 9.17) is 4.74 Å². The molecule has 0 aliphatic rings. The molecule has 0 unspecified atom stereocenters. The largest absolute Gasteiger partial charge is 0.480 e. The maximum absolute atomic E-state index is 12.2. The molecular weight excluding hydrogens is 376 g/mol. The lowest BCUT2D eigenvalue weighted by Gasteiger charge is -2.16. The highest BCUT2D eigenvalue weighted by Crippen LogP contribution is 2.26. The molecule has 0 heterocycles. The Bertz CT molecular complexity index is 1060. The van der Waals surface area contributed by atoms with Crippen LogP contribution in [-0.2, 0) is 4.79 Å². The summed E-state index contributed by atoms with van der Waals surface area (Å²) >= 11 is 0. The van der Waals surface area contributed by atoms with Crippen molar-refractivity contribution in [1.82, 2.24) is 10.9 Å². The summed E-state index contributed by atoms with van der Waals surface area (Å²) in [5.74, 6) is -0.0149. The van der Waals surface area contributed by atoms with Gasteiger partial charge in [0.1, 0.15) is 5.75 Å². The van der Waals surface area contributed by atoms with E-state index in [9.17, 15) is 19.7 Å². The summed E-state index contributed by atoms with van der Waals surface area (Å²) in [6.07, 6.45) is -0.876. The number of ether oxygens (including phenoxy) is 1. The molecule has 0 spiro atoms. The number of hydrazine groups is 1. The molecule has 3 amide bonds. The third kappa shape index (κ3) is 4.98. The van der Waals surface area contributed by atoms with Gasteiger partial charge in [0, 0.05) is 23.2 Å². The quantitative estimate of drug-likeness (QED) is 0.452. The number of benzene rings is 3. The van der Waals surface area contributed by atoms with Crippen LogP contribution in [0.5, 0.6) is 5.75 Å². The molecule has 9 nitrogen and oxygen atoms in total. The second-order valence-corrected chi connectivity index (χ2v) is 6.11. The lowest BCUT2D eigenvalue weighted by molar-refractivity contribution is -0.384. The lowest BCUT2D eigenvalue weighted by Crippen LogP contribution is -2.48. The monoisotopic (exact) mass is 394 g/mol. The number of nitro groups is 1. The third-order valence-electron chi connectivity index (χ3n) is 4.04. The van der Waals surface area contributed by atoms with Gasteiger partial charge in [-0.3, -0.25) is 20.3 Å². The van der Waals surface area contributed by atoms with Gasteiger partial charge in [0.25, 0.3) is 11.6 Å². The van der Waals surface area contributed by atoms with Crippen molar-refractivity contribution < 1.29 is 19.2 Å². The molecule has 1 atom stereocenters. The molecule has 0 saturated carbocycles. The Morgan fingerprint density at radius 3 is 2.52 bits per heavy atom. The normalized spacial score (nSPS) is 11.3. The molecular formula is C20H18N4O5. The molecule has 29 heavy (non-hydrogen) atoms. The van der Waals surface area contributed by atoms with Crippen LogP contribution in [0.2, 0.25) is 0 Å². The van der Waals surface area contributed by atoms with Crippen molar-refractivity contribution in [1.29, 1.82) is 0 Å². The SMILES string of the molecule is C[C@@H](Oc1cccc2ccccc12)C(=O)NNC(=O)Nc1cccc([N+](=O)[O-])c1. The number of urea groups is 1. The van der Waals surface area contributed by atoms with Crippen LogP contribution in [0.3, 0.4) is 0 Å². The molecule has 0 aliphatic heterocycles. The van der Waals surface area contributed by atoms with Crippen molar-refractivity contribution >= 4 is 34.1 Å². The number of nitrogens with one attached hydrogen (secondary N) is 3. The number of rotatable bonds is 5. The van der Waals surface area contributed by atoms with E-state index < -0.39 is 23.0 Å². The number of hydrogen-bond acceptors (Lipinski definition) is 5. The van der Waals surface area contributed by atoms with Crippen LogP contribution in [0.25, 0.3) is 10.8 Å². The first kappa shape index (κ1) is 19.6. The molecule has 0 saturated heterocycles. The molecule has 0 fully saturated rings. The predicted molar refractivity (Wildman–Crippen MR) is 107 cm³/mol. The molecule has 3 N–H and O–H groups in total. The van der Waals surface area contributed by atoms with Crippen molar-refractivity contribution in [2.24, 2.45) is 0 Å². The standard InChI is InChI=1S/C20H18N4O5/c1-13(29-18-11-4-7-14-6-2-3-10-17(14)18)19(25)22-23-20(26)21-15-8-5-9-16(12-15)24(27)28/h2-13H,1H3,(H,22,25)(H2,21,23,26)/t13-/m1/s1. The Balaban J connectivity index is 1.55. The molecule has 9 heteroatoms. The predicted octanol–water partition coefficient (Wildman–Crippen LogP) is 3.37. The minimum Gasteiger partial charge on any atom is -0.480 e. The zero-order chi connectivity index (χ0) is 20.8. The molecule has 3 aromatic rings. The van der Waals surface area contributed by atoms with Gasteiger partial charge in [-0.05, 0) is 24.4 Å². The van der Waals surface area contributed by atoms with E-state index in [0.29, 0.717) is 5.75 Å². The summed E-state index contributed by atoms with van der Waals surface area (Å²) in [4.78, 5) is 34.3. The first-order valence-corrected chi connectivity index (χ1v) is 8.70. The molecule has 148 valence electrons. The number of carbonyl (C=O) groups excluding carboxylic acids is 2. The van der Waals surface area contributed by atoms with Crippen LogP contribution >= 0.6 is 0 Å². The fourth-order valence-electron chi connectivity index (χ4n) is 2.62. The van der Waals surface area contributed by atoms with Crippen LogP contribution in [0.1, 0.15) is 6.92 Å². The number of fused-ring (bicyclic) bond motifs is 1. The van der Waals surface area contributed by atoms with Crippen LogP contribution in [0.15, 0.2) is 66.7 Å². The van der Waals surface area contributed by atoms with Gasteiger partial charge in [-0.2, -0.15) is 0 Å². The highest BCUT2D eigenvalue weighted by molar-refractivity contribution is 5.92. The summed E-state index contributed by atoms with van der Waals surface area (Å²) in [5, 5.41) is 15.0. The number of hydrogen-bond donors (Lipinski definition) is 3. The van der Waals surface area contributed by atoms with Gasteiger partial charge >= 0.3 is 6.03 Å². The Morgan fingerprint density at radius 1 is 1.00 bits per heavy atom. The van der Waals surface area contributed by atoms with E-state index in [1.807, 2.05) is 36.4 Å². The minimum absolute atomic E-state index is 0.163. The highest BCUT2D eigenvalue weighted by Gasteiger charge is 2.17. The average Bonchev–Trinajstić information content (AvgIpc) is 2.72. The van der Waals surface area contributed by atoms with E-state index in [2.05, 4.69) is 16.2 Å². The van der Waals surface area contributed by atoms with Gasteiger partial charge in [0.15, 0.2) is 6.10 Å². The van der Waals surface area contributed by atoms with Crippen molar-refractivity contribution in [2.75, 3.05) is 5.32 Å². The first-order valence-electron chi connectivity index (χ1n) is 8.70. The molecule has 0 bridgehead atoms. The van der Waals surface area contributed by atoms with Gasteiger partial charge in [-0.15, -0.1) is 0 Å². The minimum atomic E-state index is -0.876. The van der Waals surface area contributed by atoms with Gasteiger partial charge in [-0.25, -0.2) is 10.2 Å². The smallest absolute Gasteiger partial charge is 0.337 e. The zero-order valence-corrected chi connectivity index (χ0v) is 15.4. The summed E-state index contributed by atoms with van der Waals surface area (Å²) in [5.41, 5.74) is 4.48. The van der Waals surface area contributed by atoms with Gasteiger partial charge < -0.3 is 10.1 Å². The van der Waals surface area contributed by atoms with E-state index in [-0.39, 0.29) is 11.4 Å². The maximum atomic E-state index is 12.2. The van der Waals surface area contributed by atoms with E-state index in [1.54, 1.807) is 13.0 Å². The topological polar surface area (TPSA) is 123 Å². The number of nitrogens with zero attached hydrogens (tertiary/aromatic N) is 1. The molecule has 0 aromatic heterocycles. The Labute approximate surface area is 165 Å². The molecule has 0 radical (unpaired) electrons. The molecule has 3 rings (SSSR count). The maximum Gasteiger partial charge on any atom is 0.337 e. The van der Waals surface area contributed by atoms with Crippen molar-refractivity contribution in [3.05, 3.63) is 76.8 Å². The number of carbonyl (C=O) groups is 2. The molecule has 0 aliphatic carbocycles. The van der Waals surface area contributed by atoms with Crippen molar-refractivity contribution in [2.45, 2.75) is 13.0 Å². The zero-order valence-electron chi connectivity index (χ0n) is 15.4. The Hall–Kier alpha value is -4.14. The highest BCUT2D eigenvalue weighted by atomic mass is 16.6. The second-order valence-electron chi connectivity index (χ2n) is 6.11. The fourth-order valence-corrected chi connectivity index (χ4v) is 2.62. The first-order chi connectivity index (χ1) is 13.9. The van der Waals surface area contributed by atoms with Crippen LogP contribution in [0.4, 0.5) is 16.2 Å². The summed E-state index contributed by atoms with van der Waals surface area (Å²) in [7, 11) is 0. The van der Waals surface area contributed by atoms with E-state index in [0.717, 1.165) is 10.8 Å². The fraction of sp³-hybridized carbons (Fsp3) is 0.100. The third-order valence-corrected chi connectivity index (χ3v) is 4.04. The van der Waals surface area contributed by atoms with E-state index >= 15 is 0 Å². The number of nitro benzene ring substituents is 1. The molecule has 3 aromatic carbocycles. The van der Waals surface area contributed by atoms with Crippen LogP contribution in [-0.4, -0.2) is 23.0 Å². The summed E-state index contributed by atoms with van der Waals surface area (Å²) in [6, 6.07) is 17.8. The number of anilines is 1. The summed E-state index contributed by atoms with van der Waals surface area (Å²) < 4.78 is 5.72. The Morgan fingerprint density at radius 2 is 1.72 bits per heavy atom. The van der Waals surface area contributed by atoms with Crippen LogP contribution in [0, 0.1) is 10.1 Å². The van der Waals surface area contributed by atoms with Gasteiger partial charge in [0.2, 0.25) is 0 Å². The van der Waals surface area contributed by atoms with Crippen molar-refractivity contribution in [3.8, 4) is 5.75 Å². The average molecular weight is 394 g/mol. The number of non-ortho nitro benzene ring substituents is 1.